The normalized spacial score (nSPS) is 11.0. The number of carbonyl (C=O) groups excluding carboxylic acids is 1. The third-order valence-electron chi connectivity index (χ3n) is 3.42. The van der Waals surface area contributed by atoms with Gasteiger partial charge >= 0.3 is 0 Å². The summed E-state index contributed by atoms with van der Waals surface area (Å²) in [6, 6.07) is 7.85. The molecule has 2 nitrogen and oxygen atoms in total. The molecule has 21 heavy (non-hydrogen) atoms. The van der Waals surface area contributed by atoms with Gasteiger partial charge < -0.3 is 4.74 Å². The van der Waals surface area contributed by atoms with Crippen LogP contribution in [0.25, 0.3) is 6.08 Å². The van der Waals surface area contributed by atoms with Gasteiger partial charge in [-0.2, -0.15) is 0 Å². The highest BCUT2D eigenvalue weighted by molar-refractivity contribution is 5.91. The second-order valence-electron chi connectivity index (χ2n) is 5.45. The van der Waals surface area contributed by atoms with Crippen LogP contribution in [0, 0.1) is 0 Å². The zero-order valence-electron chi connectivity index (χ0n) is 13.4. The van der Waals surface area contributed by atoms with Gasteiger partial charge in [0.15, 0.2) is 5.78 Å². The predicted octanol–water partition coefficient (Wildman–Crippen LogP) is 5.42. The molecule has 0 aliphatic rings. The van der Waals surface area contributed by atoms with E-state index in [0.717, 1.165) is 24.3 Å². The Labute approximate surface area is 129 Å². The van der Waals surface area contributed by atoms with Crippen molar-refractivity contribution in [3.05, 3.63) is 35.9 Å². The molecular weight excluding hydrogens is 260 g/mol. The summed E-state index contributed by atoms with van der Waals surface area (Å²) in [5, 5.41) is 0. The van der Waals surface area contributed by atoms with Crippen molar-refractivity contribution in [2.75, 3.05) is 6.61 Å². The second-order valence-corrected chi connectivity index (χ2v) is 5.45. The summed E-state index contributed by atoms with van der Waals surface area (Å²) in [7, 11) is 0. The summed E-state index contributed by atoms with van der Waals surface area (Å²) in [6.45, 7) is 4.54. The Bertz CT molecular complexity index is 435. The number of hydrogen-bond acceptors (Lipinski definition) is 2. The Morgan fingerprint density at radius 2 is 1.71 bits per heavy atom. The van der Waals surface area contributed by atoms with Gasteiger partial charge in [0.25, 0.3) is 0 Å². The van der Waals surface area contributed by atoms with E-state index in [1.54, 1.807) is 13.0 Å². The predicted molar refractivity (Wildman–Crippen MR) is 89.6 cm³/mol. The number of unbranched alkanes of at least 4 members (excludes halogenated alkanes) is 6. The summed E-state index contributed by atoms with van der Waals surface area (Å²) in [6.07, 6.45) is 12.4. The topological polar surface area (TPSA) is 26.3 Å². The molecule has 0 saturated heterocycles. The Kier molecular flexibility index (Phi) is 9.26. The van der Waals surface area contributed by atoms with Gasteiger partial charge in [-0.25, -0.2) is 0 Å². The zero-order chi connectivity index (χ0) is 15.3. The molecule has 0 N–H and O–H groups in total. The van der Waals surface area contributed by atoms with Crippen LogP contribution in [0.1, 0.15) is 64.4 Å². The van der Waals surface area contributed by atoms with Gasteiger partial charge in [0, 0.05) is 5.56 Å². The minimum atomic E-state index is 0.0527. The van der Waals surface area contributed by atoms with Crippen molar-refractivity contribution in [2.24, 2.45) is 0 Å². The van der Waals surface area contributed by atoms with Gasteiger partial charge in [0.05, 0.1) is 6.61 Å². The quantitative estimate of drug-likeness (QED) is 0.401. The molecule has 0 atom stereocenters. The molecule has 0 aliphatic heterocycles. The summed E-state index contributed by atoms with van der Waals surface area (Å²) >= 11 is 0. The Hall–Kier alpha value is -1.57. The van der Waals surface area contributed by atoms with Crippen molar-refractivity contribution in [2.45, 2.75) is 58.8 Å². The van der Waals surface area contributed by atoms with E-state index in [2.05, 4.69) is 6.92 Å². The Morgan fingerprint density at radius 3 is 2.43 bits per heavy atom. The summed E-state index contributed by atoms with van der Waals surface area (Å²) in [4.78, 5) is 11.0. The maximum absolute atomic E-state index is 11.0. The van der Waals surface area contributed by atoms with E-state index < -0.39 is 0 Å². The van der Waals surface area contributed by atoms with Crippen LogP contribution in [-0.4, -0.2) is 12.4 Å². The Balaban J connectivity index is 2.27. The lowest BCUT2D eigenvalue weighted by Crippen LogP contribution is -1.98. The van der Waals surface area contributed by atoms with Gasteiger partial charge in [-0.15, -0.1) is 0 Å². The first-order chi connectivity index (χ1) is 10.2. The van der Waals surface area contributed by atoms with Gasteiger partial charge in [-0.1, -0.05) is 63.6 Å². The number of ketones is 1. The highest BCUT2D eigenvalue weighted by Crippen LogP contribution is 2.20. The number of benzene rings is 1. The average Bonchev–Trinajstić information content (AvgIpc) is 2.48. The molecule has 0 unspecified atom stereocenters. The molecule has 0 radical (unpaired) electrons. The third kappa shape index (κ3) is 8.34. The zero-order valence-corrected chi connectivity index (χ0v) is 13.4. The minimum Gasteiger partial charge on any atom is -0.493 e. The van der Waals surface area contributed by atoms with Gasteiger partial charge in [0.2, 0.25) is 0 Å². The van der Waals surface area contributed by atoms with Crippen LogP contribution in [0.15, 0.2) is 30.3 Å². The van der Waals surface area contributed by atoms with Crippen LogP contribution in [0.4, 0.5) is 0 Å². The van der Waals surface area contributed by atoms with Crippen molar-refractivity contribution in [1.29, 1.82) is 0 Å². The van der Waals surface area contributed by atoms with Crippen molar-refractivity contribution in [3.8, 4) is 5.75 Å². The Morgan fingerprint density at radius 1 is 1.05 bits per heavy atom. The fourth-order valence-corrected chi connectivity index (χ4v) is 2.20. The van der Waals surface area contributed by atoms with Crippen LogP contribution in [0.3, 0.4) is 0 Å². The maximum Gasteiger partial charge on any atom is 0.152 e. The number of allylic oxidation sites excluding steroid dienone is 1. The fraction of sp³-hybridized carbons (Fsp3) is 0.526. The summed E-state index contributed by atoms with van der Waals surface area (Å²) < 4.78 is 5.83. The molecule has 0 spiro atoms. The van der Waals surface area contributed by atoms with Crippen LogP contribution in [0.2, 0.25) is 0 Å². The third-order valence-corrected chi connectivity index (χ3v) is 3.42. The first kappa shape index (κ1) is 17.5. The van der Waals surface area contributed by atoms with Crippen molar-refractivity contribution in [1.82, 2.24) is 0 Å². The number of para-hydroxylation sites is 1. The molecule has 0 fully saturated rings. The van der Waals surface area contributed by atoms with E-state index in [4.69, 9.17) is 4.74 Å². The molecule has 0 bridgehead atoms. The standard InChI is InChI=1S/C19H28O2/c1-3-4-5-6-7-8-11-16-21-19-13-10-9-12-18(19)15-14-17(2)20/h9-10,12-15H,3-8,11,16H2,1-2H3/b15-14+. The lowest BCUT2D eigenvalue weighted by Gasteiger charge is -2.09. The lowest BCUT2D eigenvalue weighted by molar-refractivity contribution is -0.112. The highest BCUT2D eigenvalue weighted by Gasteiger charge is 2.00. The number of hydrogen-bond donors (Lipinski definition) is 0. The molecule has 2 heteroatoms. The average molecular weight is 288 g/mol. The number of rotatable bonds is 11. The van der Waals surface area contributed by atoms with Crippen LogP contribution < -0.4 is 4.74 Å². The first-order valence-corrected chi connectivity index (χ1v) is 8.14. The molecule has 116 valence electrons. The van der Waals surface area contributed by atoms with E-state index >= 15 is 0 Å². The SMILES string of the molecule is CCCCCCCCCOc1ccccc1/C=C/C(C)=O. The molecule has 0 heterocycles. The molecule has 0 amide bonds. The molecule has 1 rings (SSSR count). The second kappa shape index (κ2) is 11.1. The van der Waals surface area contributed by atoms with E-state index in [9.17, 15) is 4.79 Å². The molecule has 1 aromatic carbocycles. The van der Waals surface area contributed by atoms with Crippen molar-refractivity contribution in [3.63, 3.8) is 0 Å². The van der Waals surface area contributed by atoms with Crippen LogP contribution in [-0.2, 0) is 4.79 Å². The number of ether oxygens (including phenoxy) is 1. The smallest absolute Gasteiger partial charge is 0.152 e. The molecule has 0 aliphatic carbocycles. The largest absolute Gasteiger partial charge is 0.493 e. The molecular formula is C19H28O2. The van der Waals surface area contributed by atoms with E-state index in [1.807, 2.05) is 30.3 Å². The van der Waals surface area contributed by atoms with E-state index in [-0.39, 0.29) is 5.78 Å². The fourth-order valence-electron chi connectivity index (χ4n) is 2.20. The minimum absolute atomic E-state index is 0.0527. The molecule has 0 saturated carbocycles. The van der Waals surface area contributed by atoms with E-state index in [1.165, 1.54) is 38.5 Å². The first-order valence-electron chi connectivity index (χ1n) is 8.14. The molecule has 0 aromatic heterocycles. The van der Waals surface area contributed by atoms with Crippen LogP contribution >= 0.6 is 0 Å². The lowest BCUT2D eigenvalue weighted by atomic mass is 10.1. The monoisotopic (exact) mass is 288 g/mol. The maximum atomic E-state index is 11.0. The van der Waals surface area contributed by atoms with E-state index in [0.29, 0.717) is 0 Å². The summed E-state index contributed by atoms with van der Waals surface area (Å²) in [5.74, 6) is 0.915. The van der Waals surface area contributed by atoms with Gasteiger partial charge in [-0.05, 0) is 31.6 Å². The number of carbonyl (C=O) groups is 1. The summed E-state index contributed by atoms with van der Waals surface area (Å²) in [5.41, 5.74) is 0.968. The molecule has 1 aromatic rings. The van der Waals surface area contributed by atoms with Crippen LogP contribution in [0.5, 0.6) is 5.75 Å². The van der Waals surface area contributed by atoms with Crippen molar-refractivity contribution < 1.29 is 9.53 Å². The van der Waals surface area contributed by atoms with Crippen molar-refractivity contribution >= 4 is 11.9 Å². The highest BCUT2D eigenvalue weighted by atomic mass is 16.5. The van der Waals surface area contributed by atoms with Gasteiger partial charge in [-0.3, -0.25) is 4.79 Å². The van der Waals surface area contributed by atoms with Gasteiger partial charge in [0.1, 0.15) is 5.75 Å².